The fourth-order valence-electron chi connectivity index (χ4n) is 2.79. The Bertz CT molecular complexity index is 370. The molecule has 2 nitrogen and oxygen atoms in total. The van der Waals surface area contributed by atoms with Gasteiger partial charge in [-0.25, -0.2) is 0 Å². The van der Waals surface area contributed by atoms with Crippen LogP contribution in [0.4, 0.5) is 0 Å². The van der Waals surface area contributed by atoms with Gasteiger partial charge in [0.05, 0.1) is 0 Å². The van der Waals surface area contributed by atoms with Crippen molar-refractivity contribution in [2.24, 2.45) is 5.92 Å². The summed E-state index contributed by atoms with van der Waals surface area (Å²) in [6, 6.07) is 8.87. The minimum absolute atomic E-state index is 0.818. The molecule has 1 saturated heterocycles. The van der Waals surface area contributed by atoms with Crippen LogP contribution in [0, 0.1) is 5.92 Å². The Hall–Kier alpha value is -0.380. The molecule has 1 aliphatic heterocycles. The molecule has 1 aromatic rings. The molecule has 0 radical (unpaired) electrons. The monoisotopic (exact) mass is 294 g/mol. The van der Waals surface area contributed by atoms with Gasteiger partial charge >= 0.3 is 0 Å². The van der Waals surface area contributed by atoms with E-state index in [9.17, 15) is 0 Å². The van der Waals surface area contributed by atoms with Crippen LogP contribution >= 0.6 is 15.9 Å². The van der Waals surface area contributed by atoms with E-state index in [2.05, 4.69) is 50.4 Å². The van der Waals surface area contributed by atoms with Gasteiger partial charge in [0.2, 0.25) is 0 Å². The van der Waals surface area contributed by atoms with E-state index >= 15 is 0 Å². The summed E-state index contributed by atoms with van der Waals surface area (Å²) in [5.74, 6) is 1.72. The van der Waals surface area contributed by atoms with E-state index in [1.807, 2.05) is 0 Å². The Balaban J connectivity index is 1.53. The first-order valence-corrected chi connectivity index (χ1v) is 7.31. The van der Waals surface area contributed by atoms with E-state index < -0.39 is 0 Å². The molecule has 0 aromatic heterocycles. The zero-order valence-corrected chi connectivity index (χ0v) is 11.6. The molecule has 0 unspecified atom stereocenters. The van der Waals surface area contributed by atoms with Crippen LogP contribution in [0.15, 0.2) is 28.7 Å². The lowest BCUT2D eigenvalue weighted by atomic mass is 10.1. The van der Waals surface area contributed by atoms with Crippen LogP contribution < -0.4 is 5.32 Å². The molecule has 2 fully saturated rings. The van der Waals surface area contributed by atoms with Crippen molar-refractivity contribution in [1.29, 1.82) is 0 Å². The fourth-order valence-corrected chi connectivity index (χ4v) is 3.06. The molecule has 2 aliphatic rings. The van der Waals surface area contributed by atoms with E-state index in [1.165, 1.54) is 36.1 Å². The number of nitrogens with zero attached hydrogens (tertiary/aromatic N) is 1. The summed E-state index contributed by atoms with van der Waals surface area (Å²) in [7, 11) is 0. The van der Waals surface area contributed by atoms with E-state index in [1.54, 1.807) is 0 Å². The summed E-state index contributed by atoms with van der Waals surface area (Å²) in [5, 5.41) is 3.41. The van der Waals surface area contributed by atoms with Crippen LogP contribution in [0.1, 0.15) is 17.9 Å². The Morgan fingerprint density at radius 2 is 1.88 bits per heavy atom. The molecule has 1 heterocycles. The molecule has 92 valence electrons. The highest BCUT2D eigenvalue weighted by Gasteiger charge is 2.39. The van der Waals surface area contributed by atoms with Crippen LogP contribution in [0.3, 0.4) is 0 Å². The third-order valence-corrected chi connectivity index (χ3v) is 4.45. The fraction of sp³-hybridized carbons (Fsp3) is 0.571. The van der Waals surface area contributed by atoms with E-state index in [0.717, 1.165) is 24.9 Å². The smallest absolute Gasteiger partial charge is 0.0175 e. The summed E-state index contributed by atoms with van der Waals surface area (Å²) < 4.78 is 1.18. The molecule has 2 atom stereocenters. The Kier molecular flexibility index (Phi) is 3.50. The van der Waals surface area contributed by atoms with Crippen molar-refractivity contribution in [1.82, 2.24) is 10.2 Å². The largest absolute Gasteiger partial charge is 0.314 e. The maximum absolute atomic E-state index is 3.49. The first-order valence-electron chi connectivity index (χ1n) is 6.51. The highest BCUT2D eigenvalue weighted by molar-refractivity contribution is 9.10. The van der Waals surface area contributed by atoms with Crippen molar-refractivity contribution in [3.05, 3.63) is 34.3 Å². The standard InChI is InChI=1S/C14H19BrN2/c15-13-3-1-11(2-4-13)14-9-12(14)10-17-7-5-16-6-8-17/h1-4,12,14,16H,5-10H2/t12-,14+/m1/s1. The summed E-state index contributed by atoms with van der Waals surface area (Å²) in [6.07, 6.45) is 1.38. The van der Waals surface area contributed by atoms with Crippen molar-refractivity contribution in [3.8, 4) is 0 Å². The Labute approximate surface area is 112 Å². The number of hydrogen-bond acceptors (Lipinski definition) is 2. The van der Waals surface area contributed by atoms with E-state index in [-0.39, 0.29) is 0 Å². The summed E-state index contributed by atoms with van der Waals surface area (Å²) >= 11 is 3.49. The molecule has 17 heavy (non-hydrogen) atoms. The molecule has 0 bridgehead atoms. The number of benzene rings is 1. The molecular formula is C14H19BrN2. The number of halogens is 1. The third kappa shape index (κ3) is 2.90. The number of nitrogens with one attached hydrogen (secondary N) is 1. The van der Waals surface area contributed by atoms with Gasteiger partial charge in [-0.15, -0.1) is 0 Å². The summed E-state index contributed by atoms with van der Waals surface area (Å²) in [6.45, 7) is 6.07. The van der Waals surface area contributed by atoms with Crippen molar-refractivity contribution >= 4 is 15.9 Å². The first kappa shape index (κ1) is 11.7. The maximum atomic E-state index is 3.49. The van der Waals surface area contributed by atoms with Gasteiger partial charge in [0, 0.05) is 37.2 Å². The van der Waals surface area contributed by atoms with E-state index in [4.69, 9.17) is 0 Å². The third-order valence-electron chi connectivity index (χ3n) is 3.92. The summed E-state index contributed by atoms with van der Waals surface area (Å²) in [4.78, 5) is 2.61. The first-order chi connectivity index (χ1) is 8.33. The van der Waals surface area contributed by atoms with Crippen molar-refractivity contribution in [3.63, 3.8) is 0 Å². The quantitative estimate of drug-likeness (QED) is 0.921. The van der Waals surface area contributed by atoms with Crippen LogP contribution in [-0.2, 0) is 0 Å². The second-order valence-electron chi connectivity index (χ2n) is 5.20. The number of piperazine rings is 1. The molecule has 0 amide bonds. The van der Waals surface area contributed by atoms with Crippen LogP contribution in [0.5, 0.6) is 0 Å². The Morgan fingerprint density at radius 3 is 2.59 bits per heavy atom. The zero-order valence-electron chi connectivity index (χ0n) is 10.0. The highest BCUT2D eigenvalue weighted by atomic mass is 79.9. The Morgan fingerprint density at radius 1 is 1.18 bits per heavy atom. The molecule has 0 spiro atoms. The second kappa shape index (κ2) is 5.09. The topological polar surface area (TPSA) is 15.3 Å². The lowest BCUT2D eigenvalue weighted by Gasteiger charge is -2.27. The van der Waals surface area contributed by atoms with Gasteiger partial charge in [-0.3, -0.25) is 0 Å². The van der Waals surface area contributed by atoms with Crippen molar-refractivity contribution < 1.29 is 0 Å². The maximum Gasteiger partial charge on any atom is 0.0175 e. The minimum Gasteiger partial charge on any atom is -0.314 e. The average molecular weight is 295 g/mol. The van der Waals surface area contributed by atoms with Crippen LogP contribution in [0.25, 0.3) is 0 Å². The van der Waals surface area contributed by atoms with E-state index in [0.29, 0.717) is 0 Å². The normalized spacial score (nSPS) is 29.2. The van der Waals surface area contributed by atoms with Crippen LogP contribution in [0.2, 0.25) is 0 Å². The predicted molar refractivity (Wildman–Crippen MR) is 74.3 cm³/mol. The average Bonchev–Trinajstić information content (AvgIpc) is 3.11. The van der Waals surface area contributed by atoms with Crippen molar-refractivity contribution in [2.75, 3.05) is 32.7 Å². The number of hydrogen-bond donors (Lipinski definition) is 1. The predicted octanol–water partition coefficient (Wildman–Crippen LogP) is 2.46. The zero-order chi connectivity index (χ0) is 11.7. The molecule has 3 heteroatoms. The van der Waals surface area contributed by atoms with Gasteiger partial charge in [0.15, 0.2) is 0 Å². The number of rotatable bonds is 3. The molecular weight excluding hydrogens is 276 g/mol. The molecule has 1 saturated carbocycles. The van der Waals surface area contributed by atoms with Gasteiger partial charge in [-0.05, 0) is 36.0 Å². The van der Waals surface area contributed by atoms with Gasteiger partial charge in [-0.1, -0.05) is 28.1 Å². The SMILES string of the molecule is Brc1ccc([C@@H]2C[C@@H]2CN2CCNCC2)cc1. The van der Waals surface area contributed by atoms with Gasteiger partial charge in [0.25, 0.3) is 0 Å². The highest BCUT2D eigenvalue weighted by Crippen LogP contribution is 2.47. The van der Waals surface area contributed by atoms with Gasteiger partial charge in [-0.2, -0.15) is 0 Å². The molecule has 3 rings (SSSR count). The molecule has 1 aliphatic carbocycles. The second-order valence-corrected chi connectivity index (χ2v) is 6.12. The van der Waals surface area contributed by atoms with Gasteiger partial charge < -0.3 is 10.2 Å². The molecule has 1 N–H and O–H groups in total. The lowest BCUT2D eigenvalue weighted by molar-refractivity contribution is 0.231. The lowest BCUT2D eigenvalue weighted by Crippen LogP contribution is -2.44. The molecule has 1 aromatic carbocycles. The van der Waals surface area contributed by atoms with Gasteiger partial charge in [0.1, 0.15) is 0 Å². The minimum atomic E-state index is 0.818. The van der Waals surface area contributed by atoms with Crippen molar-refractivity contribution in [2.45, 2.75) is 12.3 Å². The van der Waals surface area contributed by atoms with Crippen LogP contribution in [-0.4, -0.2) is 37.6 Å². The summed E-state index contributed by atoms with van der Waals surface area (Å²) in [5.41, 5.74) is 1.52.